The van der Waals surface area contributed by atoms with Crippen molar-refractivity contribution >= 4 is 23.4 Å². The van der Waals surface area contributed by atoms with Crippen LogP contribution in [0.5, 0.6) is 0 Å². The lowest BCUT2D eigenvalue weighted by Gasteiger charge is -2.11. The number of rotatable bonds is 7. The van der Waals surface area contributed by atoms with Crippen LogP contribution in [-0.4, -0.2) is 22.6 Å². The lowest BCUT2D eigenvalue weighted by Crippen LogP contribution is -2.11. The molecule has 0 atom stereocenters. The van der Waals surface area contributed by atoms with E-state index in [-0.39, 0.29) is 0 Å². The molecule has 1 fully saturated rings. The molecule has 1 aliphatic rings. The summed E-state index contributed by atoms with van der Waals surface area (Å²) in [5.74, 6) is 1.53. The molecule has 1 aromatic heterocycles. The number of nitrogens with one attached hydrogen (secondary N) is 2. The molecule has 26 heavy (non-hydrogen) atoms. The van der Waals surface area contributed by atoms with Crippen molar-refractivity contribution in [1.82, 2.24) is 9.97 Å². The van der Waals surface area contributed by atoms with Crippen molar-refractivity contribution in [2.24, 2.45) is 0 Å². The van der Waals surface area contributed by atoms with E-state index in [2.05, 4.69) is 38.8 Å². The molecule has 3 aromatic rings. The van der Waals surface area contributed by atoms with Gasteiger partial charge in [0.1, 0.15) is 5.82 Å². The molecule has 0 amide bonds. The van der Waals surface area contributed by atoms with Crippen molar-refractivity contribution in [3.63, 3.8) is 0 Å². The first-order valence-corrected chi connectivity index (χ1v) is 9.33. The van der Waals surface area contributed by atoms with Crippen LogP contribution in [0.25, 0.3) is 11.3 Å². The number of aromatic nitrogens is 2. The highest BCUT2D eigenvalue weighted by atomic mass is 35.5. The van der Waals surface area contributed by atoms with Gasteiger partial charge in [-0.15, -0.1) is 0 Å². The largest absolute Gasteiger partial charge is 0.370 e. The van der Waals surface area contributed by atoms with Crippen LogP contribution >= 0.6 is 11.6 Å². The van der Waals surface area contributed by atoms with E-state index in [1.54, 1.807) is 0 Å². The van der Waals surface area contributed by atoms with Crippen molar-refractivity contribution in [2.75, 3.05) is 17.2 Å². The Kier molecular flexibility index (Phi) is 5.02. The summed E-state index contributed by atoms with van der Waals surface area (Å²) in [5, 5.41) is 7.60. The number of hydrogen-bond donors (Lipinski definition) is 2. The minimum atomic E-state index is 0.514. The fourth-order valence-electron chi connectivity index (χ4n) is 2.80. The molecule has 0 saturated heterocycles. The van der Waals surface area contributed by atoms with Gasteiger partial charge in [0.05, 0.1) is 5.69 Å². The van der Waals surface area contributed by atoms with Crippen molar-refractivity contribution in [3.8, 4) is 11.3 Å². The van der Waals surface area contributed by atoms with Crippen LogP contribution in [0.4, 0.5) is 11.8 Å². The average molecular weight is 365 g/mol. The van der Waals surface area contributed by atoms with Gasteiger partial charge < -0.3 is 10.6 Å². The molecule has 0 radical (unpaired) electrons. The molecule has 0 bridgehead atoms. The summed E-state index contributed by atoms with van der Waals surface area (Å²) in [7, 11) is 0. The van der Waals surface area contributed by atoms with Gasteiger partial charge >= 0.3 is 0 Å². The van der Waals surface area contributed by atoms with E-state index in [0.29, 0.717) is 12.0 Å². The Labute approximate surface area is 158 Å². The summed E-state index contributed by atoms with van der Waals surface area (Å²) in [6, 6.07) is 20.7. The van der Waals surface area contributed by atoms with E-state index in [9.17, 15) is 0 Å². The SMILES string of the molecule is Clc1cccc(CCNc2cc(-c3ccccc3)nc(NC3CC3)n2)c1. The van der Waals surface area contributed by atoms with E-state index >= 15 is 0 Å². The first-order chi connectivity index (χ1) is 12.8. The van der Waals surface area contributed by atoms with Crippen molar-refractivity contribution in [1.29, 1.82) is 0 Å². The van der Waals surface area contributed by atoms with Crippen molar-refractivity contribution < 1.29 is 0 Å². The zero-order valence-corrected chi connectivity index (χ0v) is 15.2. The molecule has 132 valence electrons. The van der Waals surface area contributed by atoms with Crippen LogP contribution in [0.1, 0.15) is 18.4 Å². The number of anilines is 2. The Hall–Kier alpha value is -2.59. The van der Waals surface area contributed by atoms with Crippen LogP contribution in [0, 0.1) is 0 Å². The fourth-order valence-corrected chi connectivity index (χ4v) is 3.01. The van der Waals surface area contributed by atoms with E-state index < -0.39 is 0 Å². The van der Waals surface area contributed by atoms with E-state index in [1.807, 2.05) is 42.5 Å². The van der Waals surface area contributed by atoms with Gasteiger partial charge in [0, 0.05) is 29.2 Å². The van der Waals surface area contributed by atoms with Crippen molar-refractivity contribution in [3.05, 3.63) is 71.2 Å². The molecule has 1 saturated carbocycles. The van der Waals surface area contributed by atoms with Gasteiger partial charge in [-0.2, -0.15) is 4.98 Å². The zero-order valence-electron chi connectivity index (χ0n) is 14.5. The molecule has 0 spiro atoms. The Morgan fingerprint density at radius 3 is 2.58 bits per heavy atom. The van der Waals surface area contributed by atoms with Gasteiger partial charge in [0.2, 0.25) is 5.95 Å². The quantitative estimate of drug-likeness (QED) is 0.617. The molecule has 1 heterocycles. The lowest BCUT2D eigenvalue weighted by molar-refractivity contribution is 0.992. The number of nitrogens with zero attached hydrogens (tertiary/aromatic N) is 2. The van der Waals surface area contributed by atoms with Gasteiger partial charge in [-0.05, 0) is 37.0 Å². The van der Waals surface area contributed by atoms with Gasteiger partial charge in [0.25, 0.3) is 0 Å². The molecule has 5 heteroatoms. The van der Waals surface area contributed by atoms with Crippen LogP contribution in [0.3, 0.4) is 0 Å². The maximum atomic E-state index is 6.06. The summed E-state index contributed by atoms with van der Waals surface area (Å²) in [5.41, 5.74) is 3.22. The first kappa shape index (κ1) is 16.9. The molecule has 4 rings (SSSR count). The molecule has 4 nitrogen and oxygen atoms in total. The average Bonchev–Trinajstić information content (AvgIpc) is 3.46. The summed E-state index contributed by atoms with van der Waals surface area (Å²) in [6.07, 6.45) is 3.27. The third kappa shape index (κ3) is 4.52. The van der Waals surface area contributed by atoms with Gasteiger partial charge in [-0.1, -0.05) is 54.1 Å². The molecule has 2 N–H and O–H groups in total. The second kappa shape index (κ2) is 7.75. The smallest absolute Gasteiger partial charge is 0.225 e. The van der Waals surface area contributed by atoms with Gasteiger partial charge in [-0.3, -0.25) is 0 Å². The maximum Gasteiger partial charge on any atom is 0.225 e. The third-order valence-corrected chi connectivity index (χ3v) is 4.55. The lowest BCUT2D eigenvalue weighted by atomic mass is 10.1. The topological polar surface area (TPSA) is 49.8 Å². The second-order valence-corrected chi connectivity index (χ2v) is 6.99. The zero-order chi connectivity index (χ0) is 17.8. The highest BCUT2D eigenvalue weighted by Gasteiger charge is 2.22. The van der Waals surface area contributed by atoms with Gasteiger partial charge in [-0.25, -0.2) is 4.98 Å². The number of benzene rings is 2. The minimum Gasteiger partial charge on any atom is -0.370 e. The van der Waals surface area contributed by atoms with E-state index in [1.165, 1.54) is 18.4 Å². The third-order valence-electron chi connectivity index (χ3n) is 4.32. The Morgan fingerprint density at radius 2 is 1.81 bits per heavy atom. The molecule has 2 aromatic carbocycles. The highest BCUT2D eigenvalue weighted by molar-refractivity contribution is 6.30. The van der Waals surface area contributed by atoms with E-state index in [4.69, 9.17) is 11.6 Å². The molecule has 0 unspecified atom stereocenters. The van der Waals surface area contributed by atoms with Crippen molar-refractivity contribution in [2.45, 2.75) is 25.3 Å². The molecular formula is C21H21ClN4. The molecular weight excluding hydrogens is 344 g/mol. The normalized spacial score (nSPS) is 13.4. The van der Waals surface area contributed by atoms with Crippen LogP contribution in [-0.2, 0) is 6.42 Å². The monoisotopic (exact) mass is 364 g/mol. The second-order valence-electron chi connectivity index (χ2n) is 6.55. The van der Waals surface area contributed by atoms with Crippen LogP contribution < -0.4 is 10.6 Å². The van der Waals surface area contributed by atoms with Crippen LogP contribution in [0.15, 0.2) is 60.7 Å². The Balaban J connectivity index is 1.50. The number of halogens is 1. The number of hydrogen-bond acceptors (Lipinski definition) is 4. The summed E-state index contributed by atoms with van der Waals surface area (Å²) < 4.78 is 0. The van der Waals surface area contributed by atoms with E-state index in [0.717, 1.165) is 35.1 Å². The Bertz CT molecular complexity index is 878. The molecule has 1 aliphatic carbocycles. The standard InChI is InChI=1S/C21H21ClN4/c22-17-8-4-5-15(13-17)11-12-23-20-14-19(16-6-2-1-3-7-16)25-21(26-20)24-18-9-10-18/h1-8,13-14,18H,9-12H2,(H2,23,24,25,26). The minimum absolute atomic E-state index is 0.514. The fraction of sp³-hybridized carbons (Fsp3) is 0.238. The highest BCUT2D eigenvalue weighted by Crippen LogP contribution is 2.26. The first-order valence-electron chi connectivity index (χ1n) is 8.96. The molecule has 0 aliphatic heterocycles. The predicted molar refractivity (Wildman–Crippen MR) is 108 cm³/mol. The summed E-state index contributed by atoms with van der Waals surface area (Å²) in [6.45, 7) is 0.786. The Morgan fingerprint density at radius 1 is 0.962 bits per heavy atom. The van der Waals surface area contributed by atoms with Crippen LogP contribution in [0.2, 0.25) is 5.02 Å². The summed E-state index contributed by atoms with van der Waals surface area (Å²) >= 11 is 6.06. The predicted octanol–water partition coefficient (Wildman–Crippen LogP) is 5.03. The summed E-state index contributed by atoms with van der Waals surface area (Å²) in [4.78, 5) is 9.31. The van der Waals surface area contributed by atoms with Gasteiger partial charge in [0.15, 0.2) is 0 Å². The maximum absolute atomic E-state index is 6.06.